The zero-order valence-corrected chi connectivity index (χ0v) is 22.8. The second kappa shape index (κ2) is 10.8. The minimum atomic E-state index is -0.653. The number of nitrogens with zero attached hydrogens (tertiary/aromatic N) is 2. The molecule has 2 heterocycles. The summed E-state index contributed by atoms with van der Waals surface area (Å²) in [6.45, 7) is 1.09. The number of hydrogen-bond acceptors (Lipinski definition) is 5. The summed E-state index contributed by atoms with van der Waals surface area (Å²) in [6, 6.07) is 17.7. The largest absolute Gasteiger partial charge is 0.329 e. The van der Waals surface area contributed by atoms with E-state index >= 15 is 0 Å². The standard InChI is InChI=1S/C32H35N5O3/c1-33-18-23-9-4-5-10-24(23)19-37(30(39)21-7-2-3-8-21)20-28(38)35-26-13-12-22-16-32(17-25(22)15-26)27-11-6-14-34-29(27)36-31(32)40/h4-6,9-15,21,33H,2-3,7-8,16-20H2,1H3,(H,35,38)(H,34,36,40). The van der Waals surface area contributed by atoms with E-state index in [1.807, 2.05) is 55.6 Å². The summed E-state index contributed by atoms with van der Waals surface area (Å²) in [4.78, 5) is 45.9. The molecule has 2 aliphatic carbocycles. The van der Waals surface area contributed by atoms with Gasteiger partial charge in [0.15, 0.2) is 0 Å². The van der Waals surface area contributed by atoms with Crippen molar-refractivity contribution in [2.75, 3.05) is 24.2 Å². The minimum absolute atomic E-state index is 0.00824. The first kappa shape index (κ1) is 26.2. The van der Waals surface area contributed by atoms with Crippen LogP contribution in [0.4, 0.5) is 11.5 Å². The van der Waals surface area contributed by atoms with Crippen LogP contribution in [0.3, 0.4) is 0 Å². The van der Waals surface area contributed by atoms with Crippen LogP contribution in [0.15, 0.2) is 60.8 Å². The Bertz CT molecular complexity index is 1460. The van der Waals surface area contributed by atoms with Gasteiger partial charge >= 0.3 is 0 Å². The second-order valence-corrected chi connectivity index (χ2v) is 11.3. The number of amides is 3. The number of carbonyl (C=O) groups excluding carboxylic acids is 3. The van der Waals surface area contributed by atoms with Gasteiger partial charge in [-0.15, -0.1) is 0 Å². The van der Waals surface area contributed by atoms with Gasteiger partial charge in [0.2, 0.25) is 17.7 Å². The molecular formula is C32H35N5O3. The van der Waals surface area contributed by atoms with Crippen molar-refractivity contribution in [1.29, 1.82) is 0 Å². The lowest BCUT2D eigenvalue weighted by molar-refractivity contribution is -0.138. The lowest BCUT2D eigenvalue weighted by atomic mass is 9.79. The third-order valence-electron chi connectivity index (χ3n) is 8.66. The zero-order chi connectivity index (χ0) is 27.7. The first-order valence-corrected chi connectivity index (χ1v) is 14.2. The van der Waals surface area contributed by atoms with Crippen molar-refractivity contribution in [3.63, 3.8) is 0 Å². The van der Waals surface area contributed by atoms with E-state index in [-0.39, 0.29) is 30.2 Å². The van der Waals surface area contributed by atoms with Crippen molar-refractivity contribution < 1.29 is 14.4 Å². The summed E-state index contributed by atoms with van der Waals surface area (Å²) in [7, 11) is 1.90. The highest BCUT2D eigenvalue weighted by atomic mass is 16.2. The fraction of sp³-hybridized carbons (Fsp3) is 0.375. The Morgan fingerprint density at radius 3 is 2.60 bits per heavy atom. The number of hydrogen-bond donors (Lipinski definition) is 3. The summed E-state index contributed by atoms with van der Waals surface area (Å²) in [5, 5.41) is 9.15. The highest BCUT2D eigenvalue weighted by Gasteiger charge is 2.51. The molecule has 0 bridgehead atoms. The molecular weight excluding hydrogens is 502 g/mol. The van der Waals surface area contributed by atoms with Gasteiger partial charge in [-0.2, -0.15) is 0 Å². The molecule has 3 N–H and O–H groups in total. The van der Waals surface area contributed by atoms with E-state index in [0.29, 0.717) is 37.4 Å². The maximum absolute atomic E-state index is 13.5. The van der Waals surface area contributed by atoms with Crippen LogP contribution in [0.1, 0.15) is 53.5 Å². The van der Waals surface area contributed by atoms with Crippen LogP contribution >= 0.6 is 0 Å². The van der Waals surface area contributed by atoms with Crippen molar-refractivity contribution in [2.24, 2.45) is 5.92 Å². The zero-order valence-electron chi connectivity index (χ0n) is 22.8. The van der Waals surface area contributed by atoms with Crippen molar-refractivity contribution in [1.82, 2.24) is 15.2 Å². The number of carbonyl (C=O) groups is 3. The summed E-state index contributed by atoms with van der Waals surface area (Å²) < 4.78 is 0. The molecule has 3 aromatic rings. The Kier molecular flexibility index (Phi) is 7.11. The van der Waals surface area contributed by atoms with E-state index < -0.39 is 5.41 Å². The highest BCUT2D eigenvalue weighted by molar-refractivity contribution is 6.06. The Balaban J connectivity index is 1.18. The van der Waals surface area contributed by atoms with Crippen molar-refractivity contribution in [2.45, 2.75) is 57.0 Å². The number of fused-ring (bicyclic) bond motifs is 3. The SMILES string of the molecule is CNCc1ccccc1CN(CC(=O)Nc1ccc2c(c1)CC1(C2)C(=O)Nc2ncccc21)C(=O)C1CCCC1. The molecule has 1 atom stereocenters. The van der Waals surface area contributed by atoms with Crippen molar-refractivity contribution in [3.05, 3.63) is 88.6 Å². The maximum atomic E-state index is 13.5. The topological polar surface area (TPSA) is 103 Å². The van der Waals surface area contributed by atoms with Gasteiger partial charge in [0.05, 0.1) is 5.41 Å². The summed E-state index contributed by atoms with van der Waals surface area (Å²) >= 11 is 0. The number of aromatic nitrogens is 1. The highest BCUT2D eigenvalue weighted by Crippen LogP contribution is 2.46. The quantitative estimate of drug-likeness (QED) is 0.404. The molecule has 1 fully saturated rings. The molecule has 206 valence electrons. The number of nitrogens with one attached hydrogen (secondary N) is 3. The molecule has 1 aliphatic heterocycles. The first-order chi connectivity index (χ1) is 19.5. The van der Waals surface area contributed by atoms with Crippen LogP contribution in [0, 0.1) is 5.92 Å². The summed E-state index contributed by atoms with van der Waals surface area (Å²) in [6.07, 6.45) is 6.74. The van der Waals surface area contributed by atoms with Crippen LogP contribution < -0.4 is 16.0 Å². The van der Waals surface area contributed by atoms with Gasteiger partial charge in [-0.1, -0.05) is 49.2 Å². The molecule has 0 radical (unpaired) electrons. The number of benzene rings is 2. The average molecular weight is 538 g/mol. The van der Waals surface area contributed by atoms with Gasteiger partial charge in [0, 0.05) is 36.5 Å². The molecule has 2 aromatic carbocycles. The fourth-order valence-electron chi connectivity index (χ4n) is 6.64. The van der Waals surface area contributed by atoms with Gasteiger partial charge in [0.25, 0.3) is 0 Å². The number of pyridine rings is 1. The van der Waals surface area contributed by atoms with E-state index in [2.05, 4.69) is 27.0 Å². The number of rotatable bonds is 8. The third-order valence-corrected chi connectivity index (χ3v) is 8.66. The Labute approximate surface area is 234 Å². The smallest absolute Gasteiger partial charge is 0.244 e. The van der Waals surface area contributed by atoms with E-state index in [0.717, 1.165) is 53.5 Å². The Morgan fingerprint density at radius 1 is 1.02 bits per heavy atom. The van der Waals surface area contributed by atoms with Crippen LogP contribution in [-0.2, 0) is 45.7 Å². The average Bonchev–Trinajstić information content (AvgIpc) is 3.68. The molecule has 1 spiro atoms. The monoisotopic (exact) mass is 537 g/mol. The van der Waals surface area contributed by atoms with Crippen LogP contribution in [0.2, 0.25) is 0 Å². The van der Waals surface area contributed by atoms with Gasteiger partial charge in [-0.25, -0.2) is 4.98 Å². The predicted molar refractivity (Wildman–Crippen MR) is 154 cm³/mol. The molecule has 3 aliphatic rings. The van der Waals surface area contributed by atoms with Crippen LogP contribution in [0.5, 0.6) is 0 Å². The molecule has 40 heavy (non-hydrogen) atoms. The normalized spacial score (nSPS) is 19.4. The minimum Gasteiger partial charge on any atom is -0.329 e. The predicted octanol–water partition coefficient (Wildman–Crippen LogP) is 3.95. The molecule has 1 unspecified atom stereocenters. The van der Waals surface area contributed by atoms with Crippen LogP contribution in [-0.4, -0.2) is 41.2 Å². The van der Waals surface area contributed by atoms with Crippen molar-refractivity contribution >= 4 is 29.2 Å². The molecule has 0 saturated heterocycles. The van der Waals surface area contributed by atoms with E-state index in [9.17, 15) is 14.4 Å². The summed E-state index contributed by atoms with van der Waals surface area (Å²) in [5.74, 6) is 0.427. The molecule has 1 saturated carbocycles. The Morgan fingerprint density at radius 2 is 1.80 bits per heavy atom. The second-order valence-electron chi connectivity index (χ2n) is 11.3. The molecule has 6 rings (SSSR count). The lowest BCUT2D eigenvalue weighted by Gasteiger charge is -2.26. The van der Waals surface area contributed by atoms with Crippen molar-refractivity contribution in [3.8, 4) is 0 Å². The molecule has 3 amide bonds. The molecule has 8 nitrogen and oxygen atoms in total. The molecule has 8 heteroatoms. The van der Waals surface area contributed by atoms with Gasteiger partial charge in [-0.3, -0.25) is 14.4 Å². The Hall–Kier alpha value is -4.04. The van der Waals surface area contributed by atoms with E-state index in [1.54, 1.807) is 11.1 Å². The third kappa shape index (κ3) is 4.88. The number of anilines is 2. The van der Waals surface area contributed by atoms with Gasteiger partial charge in [-0.05, 0) is 73.2 Å². The van der Waals surface area contributed by atoms with Gasteiger partial charge in [0.1, 0.15) is 12.4 Å². The van der Waals surface area contributed by atoms with E-state index in [4.69, 9.17) is 0 Å². The van der Waals surface area contributed by atoms with Crippen LogP contribution in [0.25, 0.3) is 0 Å². The fourth-order valence-corrected chi connectivity index (χ4v) is 6.64. The first-order valence-electron chi connectivity index (χ1n) is 14.2. The lowest BCUT2D eigenvalue weighted by Crippen LogP contribution is -2.40. The van der Waals surface area contributed by atoms with Gasteiger partial charge < -0.3 is 20.9 Å². The van der Waals surface area contributed by atoms with E-state index in [1.165, 1.54) is 0 Å². The summed E-state index contributed by atoms with van der Waals surface area (Å²) in [5.41, 5.74) is 5.27. The maximum Gasteiger partial charge on any atom is 0.244 e. The molecule has 1 aromatic heterocycles.